The first-order valence-corrected chi connectivity index (χ1v) is 12.8. The molecule has 1 amide bonds. The fourth-order valence-corrected chi connectivity index (χ4v) is 4.19. The van der Waals surface area contributed by atoms with Gasteiger partial charge in [0.15, 0.2) is 5.11 Å². The van der Waals surface area contributed by atoms with Gasteiger partial charge in [0.1, 0.15) is 16.8 Å². The third kappa shape index (κ3) is 6.24. The van der Waals surface area contributed by atoms with Crippen molar-refractivity contribution in [1.82, 2.24) is 20.3 Å². The fourth-order valence-electron chi connectivity index (χ4n) is 3.99. The number of fused-ring (bicyclic) bond motifs is 1. The molecule has 0 aliphatic heterocycles. The van der Waals surface area contributed by atoms with Crippen molar-refractivity contribution in [3.8, 4) is 11.4 Å². The Kier molecular flexibility index (Phi) is 8.03. The van der Waals surface area contributed by atoms with Crippen LogP contribution in [0.4, 0.5) is 11.4 Å². The maximum absolute atomic E-state index is 12.6. The number of aromatic nitrogens is 3. The molecule has 0 unspecified atom stereocenters. The minimum Gasteiger partial charge on any atom is -0.491 e. The number of rotatable bonds is 8. The first-order chi connectivity index (χ1) is 17.8. The fraction of sp³-hybridized carbons (Fsp3) is 0.286. The number of nitrogens with zero attached hydrogens (tertiary/aromatic N) is 4. The number of thiocarbonyl (C=S) groups is 1. The lowest BCUT2D eigenvalue weighted by Crippen LogP contribution is -2.34. The van der Waals surface area contributed by atoms with Crippen molar-refractivity contribution in [3.05, 3.63) is 71.8 Å². The van der Waals surface area contributed by atoms with Gasteiger partial charge in [-0.1, -0.05) is 0 Å². The van der Waals surface area contributed by atoms with E-state index < -0.39 is 0 Å². The second-order valence-corrected chi connectivity index (χ2v) is 9.34. The van der Waals surface area contributed by atoms with E-state index in [0.29, 0.717) is 11.3 Å². The third-order valence-electron chi connectivity index (χ3n) is 5.90. The summed E-state index contributed by atoms with van der Waals surface area (Å²) in [5, 5.41) is 15.3. The highest BCUT2D eigenvalue weighted by Crippen LogP contribution is 2.23. The molecular weight excluding hydrogens is 484 g/mol. The number of nitrogens with one attached hydrogen (secondary N) is 2. The van der Waals surface area contributed by atoms with Crippen LogP contribution in [-0.4, -0.2) is 45.2 Å². The Labute approximate surface area is 222 Å². The molecule has 0 bridgehead atoms. The molecule has 0 saturated heterocycles. The number of hydrogen-bond acceptors (Lipinski definition) is 6. The van der Waals surface area contributed by atoms with Crippen molar-refractivity contribution in [2.45, 2.75) is 40.7 Å². The lowest BCUT2D eigenvalue weighted by Gasteiger charge is -2.20. The molecule has 4 aromatic rings. The van der Waals surface area contributed by atoms with Crippen LogP contribution in [0.15, 0.2) is 60.7 Å². The van der Waals surface area contributed by atoms with Gasteiger partial charge >= 0.3 is 0 Å². The number of carbonyl (C=O) groups excluding carboxylic acids is 1. The Morgan fingerprint density at radius 1 is 1.00 bits per heavy atom. The lowest BCUT2D eigenvalue weighted by atomic mass is 10.2. The molecule has 4 rings (SSSR count). The van der Waals surface area contributed by atoms with E-state index in [2.05, 4.69) is 51.7 Å². The van der Waals surface area contributed by atoms with Crippen LogP contribution in [0.2, 0.25) is 0 Å². The zero-order valence-electron chi connectivity index (χ0n) is 21.8. The average molecular weight is 517 g/mol. The summed E-state index contributed by atoms with van der Waals surface area (Å²) in [5.74, 6) is 0.412. The predicted octanol–water partition coefficient (Wildman–Crippen LogP) is 5.49. The minimum atomic E-state index is -0.300. The van der Waals surface area contributed by atoms with E-state index in [-0.39, 0.29) is 17.1 Å². The zero-order chi connectivity index (χ0) is 26.5. The number of ether oxygens (including phenoxy) is 1. The van der Waals surface area contributed by atoms with Gasteiger partial charge in [-0.25, -0.2) is 0 Å². The lowest BCUT2D eigenvalue weighted by molar-refractivity contribution is 0.0977. The van der Waals surface area contributed by atoms with Crippen LogP contribution in [0.25, 0.3) is 16.7 Å². The second-order valence-electron chi connectivity index (χ2n) is 8.93. The van der Waals surface area contributed by atoms with Crippen LogP contribution in [0.3, 0.4) is 0 Å². The molecule has 0 spiro atoms. The molecule has 0 atom stereocenters. The summed E-state index contributed by atoms with van der Waals surface area (Å²) in [6, 6.07) is 19.0. The molecule has 2 N–H and O–H groups in total. The molecule has 1 aromatic heterocycles. The van der Waals surface area contributed by atoms with Crippen molar-refractivity contribution >= 4 is 45.6 Å². The number of anilines is 2. The maximum atomic E-state index is 12.6. The minimum absolute atomic E-state index is 0.0664. The average Bonchev–Trinajstić information content (AvgIpc) is 3.28. The van der Waals surface area contributed by atoms with E-state index in [1.54, 1.807) is 29.1 Å². The van der Waals surface area contributed by atoms with Gasteiger partial charge in [-0.2, -0.15) is 4.80 Å². The standard InChI is InChI=1S/C28H32N6O2S/c1-6-33(7-2)21-10-12-22(13-11-21)34-31-25-16-19(5)24(17-26(25)32-34)29-28(37)30-27(35)20-8-14-23(15-9-20)36-18(3)4/h8-18H,6-7H2,1-5H3,(H2,29,30,35,37). The van der Waals surface area contributed by atoms with E-state index in [0.717, 1.165) is 41.1 Å². The molecule has 192 valence electrons. The van der Waals surface area contributed by atoms with Crippen molar-refractivity contribution < 1.29 is 9.53 Å². The Hall–Kier alpha value is -3.98. The Balaban J connectivity index is 1.45. The van der Waals surface area contributed by atoms with Crippen molar-refractivity contribution in [3.63, 3.8) is 0 Å². The molecule has 0 fully saturated rings. The van der Waals surface area contributed by atoms with Gasteiger partial charge in [0.2, 0.25) is 0 Å². The monoisotopic (exact) mass is 516 g/mol. The van der Waals surface area contributed by atoms with Gasteiger partial charge in [-0.15, -0.1) is 10.2 Å². The van der Waals surface area contributed by atoms with Gasteiger partial charge in [0.25, 0.3) is 5.91 Å². The van der Waals surface area contributed by atoms with Gasteiger partial charge in [0.05, 0.1) is 11.8 Å². The van der Waals surface area contributed by atoms with E-state index >= 15 is 0 Å². The first-order valence-electron chi connectivity index (χ1n) is 12.4. The molecule has 0 aliphatic carbocycles. The number of amides is 1. The van der Waals surface area contributed by atoms with E-state index in [1.165, 1.54) is 5.69 Å². The molecule has 9 heteroatoms. The second kappa shape index (κ2) is 11.4. The van der Waals surface area contributed by atoms with Crippen molar-refractivity contribution in [2.24, 2.45) is 0 Å². The summed E-state index contributed by atoms with van der Waals surface area (Å²) in [6.45, 7) is 12.1. The maximum Gasteiger partial charge on any atom is 0.257 e. The molecular formula is C28H32N6O2S. The van der Waals surface area contributed by atoms with Crippen LogP contribution >= 0.6 is 12.2 Å². The van der Waals surface area contributed by atoms with Crippen molar-refractivity contribution in [1.29, 1.82) is 0 Å². The van der Waals surface area contributed by atoms with Crippen LogP contribution in [-0.2, 0) is 0 Å². The molecule has 1 heterocycles. The third-order valence-corrected chi connectivity index (χ3v) is 6.10. The van der Waals surface area contributed by atoms with Crippen LogP contribution < -0.4 is 20.3 Å². The molecule has 3 aromatic carbocycles. The van der Waals surface area contributed by atoms with Gasteiger partial charge < -0.3 is 15.0 Å². The number of aryl methyl sites for hydroxylation is 1. The molecule has 0 radical (unpaired) electrons. The summed E-state index contributed by atoms with van der Waals surface area (Å²) in [5.41, 5.74) is 5.72. The highest BCUT2D eigenvalue weighted by Gasteiger charge is 2.13. The summed E-state index contributed by atoms with van der Waals surface area (Å²) < 4.78 is 5.63. The van der Waals surface area contributed by atoms with Crippen LogP contribution in [0, 0.1) is 6.92 Å². The quantitative estimate of drug-likeness (QED) is 0.300. The van der Waals surface area contributed by atoms with Crippen LogP contribution in [0.1, 0.15) is 43.6 Å². The van der Waals surface area contributed by atoms with E-state index in [1.807, 2.05) is 45.0 Å². The Morgan fingerprint density at radius 2 is 1.62 bits per heavy atom. The molecule has 0 saturated carbocycles. The Morgan fingerprint density at radius 3 is 2.22 bits per heavy atom. The molecule has 37 heavy (non-hydrogen) atoms. The summed E-state index contributed by atoms with van der Waals surface area (Å²) in [6.07, 6.45) is 0.0664. The van der Waals surface area contributed by atoms with Gasteiger partial charge in [-0.05, 0) is 113 Å². The number of benzene rings is 3. The number of carbonyl (C=O) groups is 1. The van der Waals surface area contributed by atoms with E-state index in [9.17, 15) is 4.79 Å². The van der Waals surface area contributed by atoms with Gasteiger partial charge in [0, 0.05) is 30.0 Å². The first kappa shape index (κ1) is 26.1. The smallest absolute Gasteiger partial charge is 0.257 e. The number of hydrogen-bond donors (Lipinski definition) is 2. The zero-order valence-corrected chi connectivity index (χ0v) is 22.6. The normalized spacial score (nSPS) is 11.0. The largest absolute Gasteiger partial charge is 0.491 e. The summed E-state index contributed by atoms with van der Waals surface area (Å²) in [4.78, 5) is 16.6. The topological polar surface area (TPSA) is 84.3 Å². The highest BCUT2D eigenvalue weighted by atomic mass is 32.1. The highest BCUT2D eigenvalue weighted by molar-refractivity contribution is 7.80. The summed E-state index contributed by atoms with van der Waals surface area (Å²) in [7, 11) is 0. The SMILES string of the molecule is CCN(CC)c1ccc(-n2nc3cc(C)c(NC(=S)NC(=O)c4ccc(OC(C)C)cc4)cc3n2)cc1. The van der Waals surface area contributed by atoms with E-state index in [4.69, 9.17) is 17.0 Å². The van der Waals surface area contributed by atoms with Gasteiger partial charge in [-0.3, -0.25) is 10.1 Å². The van der Waals surface area contributed by atoms with Crippen LogP contribution in [0.5, 0.6) is 5.75 Å². The molecule has 0 aliphatic rings. The Bertz CT molecular complexity index is 1390. The molecule has 8 nitrogen and oxygen atoms in total. The summed E-state index contributed by atoms with van der Waals surface area (Å²) >= 11 is 5.40. The van der Waals surface area contributed by atoms with Crippen molar-refractivity contribution in [2.75, 3.05) is 23.3 Å². The predicted molar refractivity (Wildman–Crippen MR) is 153 cm³/mol.